The lowest BCUT2D eigenvalue weighted by Gasteiger charge is -2.33. The fourth-order valence-corrected chi connectivity index (χ4v) is 3.07. The van der Waals surface area contributed by atoms with Crippen LogP contribution in [0, 0.1) is 5.92 Å². The second-order valence-corrected chi connectivity index (χ2v) is 6.12. The van der Waals surface area contributed by atoms with Crippen LogP contribution >= 0.6 is 0 Å². The Morgan fingerprint density at radius 3 is 2.53 bits per heavy atom. The summed E-state index contributed by atoms with van der Waals surface area (Å²) >= 11 is 0. The lowest BCUT2D eigenvalue weighted by atomic mass is 9.99. The molecule has 0 amide bonds. The van der Waals surface area contributed by atoms with Gasteiger partial charge in [-0.2, -0.15) is 0 Å². The van der Waals surface area contributed by atoms with Crippen molar-refractivity contribution < 1.29 is 17.9 Å². The normalized spacial score (nSPS) is 30.9. The monoisotopic (exact) mass is 235 g/mol. The molecule has 6 heteroatoms. The second-order valence-electron chi connectivity index (χ2n) is 4.13. The first-order valence-electron chi connectivity index (χ1n) is 5.26. The van der Waals surface area contributed by atoms with Crippen molar-refractivity contribution in [3.05, 3.63) is 0 Å². The van der Waals surface area contributed by atoms with Crippen molar-refractivity contribution >= 4 is 10.0 Å². The lowest BCUT2D eigenvalue weighted by Crippen LogP contribution is -2.43. The molecule has 0 aliphatic carbocycles. The first-order chi connectivity index (χ1) is 7.07. The summed E-state index contributed by atoms with van der Waals surface area (Å²) in [5, 5.41) is 0. The minimum Gasteiger partial charge on any atom is -0.350 e. The minimum atomic E-state index is -3.07. The number of hydrogen-bond donors (Lipinski definition) is 0. The molecule has 0 aromatic rings. The second kappa shape index (κ2) is 4.37. The zero-order valence-electron chi connectivity index (χ0n) is 8.89. The largest absolute Gasteiger partial charge is 0.350 e. The fraction of sp³-hybridized carbons (Fsp3) is 1.00. The molecule has 2 aliphatic rings. The average Bonchev–Trinajstić information content (AvgIpc) is 2.69. The van der Waals surface area contributed by atoms with Crippen LogP contribution < -0.4 is 0 Å². The van der Waals surface area contributed by atoms with Crippen LogP contribution in [0.5, 0.6) is 0 Å². The molecule has 2 fully saturated rings. The predicted octanol–water partition coefficient (Wildman–Crippen LogP) is 0.0309. The molecule has 0 aromatic carbocycles. The van der Waals surface area contributed by atoms with Gasteiger partial charge in [-0.3, -0.25) is 0 Å². The number of sulfonamides is 1. The van der Waals surface area contributed by atoms with Crippen molar-refractivity contribution in [3.8, 4) is 0 Å². The van der Waals surface area contributed by atoms with Crippen molar-refractivity contribution in [2.45, 2.75) is 19.1 Å². The van der Waals surface area contributed by atoms with Crippen LogP contribution in [-0.4, -0.2) is 51.6 Å². The third-order valence-electron chi connectivity index (χ3n) is 2.92. The number of rotatable bonds is 2. The van der Waals surface area contributed by atoms with Crippen molar-refractivity contribution in [1.82, 2.24) is 4.31 Å². The average molecular weight is 235 g/mol. The van der Waals surface area contributed by atoms with Crippen LogP contribution in [-0.2, 0) is 19.5 Å². The maximum atomic E-state index is 11.4. The van der Waals surface area contributed by atoms with Gasteiger partial charge in [0.05, 0.1) is 19.5 Å². The van der Waals surface area contributed by atoms with E-state index in [2.05, 4.69) is 0 Å². The van der Waals surface area contributed by atoms with Gasteiger partial charge in [0.1, 0.15) is 0 Å². The molecule has 0 spiro atoms. The van der Waals surface area contributed by atoms with Gasteiger partial charge < -0.3 is 9.47 Å². The molecular weight excluding hydrogens is 218 g/mol. The molecule has 2 aliphatic heterocycles. The van der Waals surface area contributed by atoms with E-state index < -0.39 is 10.0 Å². The molecule has 2 heterocycles. The van der Waals surface area contributed by atoms with Crippen molar-refractivity contribution in [1.29, 1.82) is 0 Å². The summed E-state index contributed by atoms with van der Waals surface area (Å²) in [6, 6.07) is 0. The molecule has 1 unspecified atom stereocenters. The predicted molar refractivity (Wildman–Crippen MR) is 54.8 cm³/mol. The summed E-state index contributed by atoms with van der Waals surface area (Å²) < 4.78 is 35.1. The third kappa shape index (κ3) is 2.69. The first kappa shape index (κ1) is 11.3. The van der Waals surface area contributed by atoms with E-state index in [1.54, 1.807) is 0 Å². The maximum absolute atomic E-state index is 11.4. The molecule has 0 bridgehead atoms. The van der Waals surface area contributed by atoms with Gasteiger partial charge in [-0.15, -0.1) is 0 Å². The fourth-order valence-electron chi connectivity index (χ4n) is 2.15. The Kier molecular flexibility index (Phi) is 3.30. The summed E-state index contributed by atoms with van der Waals surface area (Å²) in [6.07, 6.45) is 2.93. The Balaban J connectivity index is 1.97. The summed E-state index contributed by atoms with van der Waals surface area (Å²) in [4.78, 5) is 0. The van der Waals surface area contributed by atoms with E-state index in [0.717, 1.165) is 12.8 Å². The van der Waals surface area contributed by atoms with Gasteiger partial charge in [0, 0.05) is 19.0 Å². The first-order valence-corrected chi connectivity index (χ1v) is 7.10. The van der Waals surface area contributed by atoms with Gasteiger partial charge in [-0.1, -0.05) is 0 Å². The van der Waals surface area contributed by atoms with E-state index in [1.807, 2.05) is 0 Å². The van der Waals surface area contributed by atoms with E-state index in [1.165, 1.54) is 10.6 Å². The van der Waals surface area contributed by atoms with Crippen LogP contribution in [0.2, 0.25) is 0 Å². The molecule has 0 aromatic heterocycles. The van der Waals surface area contributed by atoms with E-state index in [9.17, 15) is 8.42 Å². The van der Waals surface area contributed by atoms with Crippen LogP contribution in [0.4, 0.5) is 0 Å². The highest BCUT2D eigenvalue weighted by molar-refractivity contribution is 7.88. The third-order valence-corrected chi connectivity index (χ3v) is 4.19. The zero-order chi connectivity index (χ0) is 10.9. The minimum absolute atomic E-state index is 0.191. The molecule has 15 heavy (non-hydrogen) atoms. The van der Waals surface area contributed by atoms with Gasteiger partial charge in [-0.25, -0.2) is 12.7 Å². The quantitative estimate of drug-likeness (QED) is 0.677. The van der Waals surface area contributed by atoms with Crippen molar-refractivity contribution in [3.63, 3.8) is 0 Å². The van der Waals surface area contributed by atoms with E-state index in [-0.39, 0.29) is 12.2 Å². The summed E-state index contributed by atoms with van der Waals surface area (Å²) in [7, 11) is -3.07. The highest BCUT2D eigenvalue weighted by Gasteiger charge is 2.33. The van der Waals surface area contributed by atoms with Crippen LogP contribution in [0.15, 0.2) is 0 Å². The van der Waals surface area contributed by atoms with Gasteiger partial charge in [0.25, 0.3) is 0 Å². The Bertz CT molecular complexity index is 310. The lowest BCUT2D eigenvalue weighted by molar-refractivity contribution is -0.0940. The topological polar surface area (TPSA) is 55.8 Å². The molecule has 2 rings (SSSR count). The standard InChI is InChI=1S/C9H17NO4S/c1-15(11,12)10-4-2-3-8(7-10)9-13-5-6-14-9/h8-9H,2-7H2,1H3. The molecule has 0 radical (unpaired) electrons. The van der Waals surface area contributed by atoms with E-state index in [0.29, 0.717) is 26.3 Å². The Morgan fingerprint density at radius 2 is 1.93 bits per heavy atom. The number of nitrogens with zero attached hydrogens (tertiary/aromatic N) is 1. The van der Waals surface area contributed by atoms with E-state index in [4.69, 9.17) is 9.47 Å². The van der Waals surface area contributed by atoms with Crippen LogP contribution in [0.1, 0.15) is 12.8 Å². The molecular formula is C9H17NO4S. The number of piperidine rings is 1. The van der Waals surface area contributed by atoms with Crippen LogP contribution in [0.25, 0.3) is 0 Å². The van der Waals surface area contributed by atoms with Gasteiger partial charge in [0.2, 0.25) is 10.0 Å². The Hall–Kier alpha value is -0.170. The SMILES string of the molecule is CS(=O)(=O)N1CCCC(C2OCCO2)C1. The molecule has 2 saturated heterocycles. The van der Waals surface area contributed by atoms with E-state index >= 15 is 0 Å². The number of ether oxygens (including phenoxy) is 2. The highest BCUT2D eigenvalue weighted by atomic mass is 32.2. The van der Waals surface area contributed by atoms with Crippen molar-refractivity contribution in [2.75, 3.05) is 32.6 Å². The van der Waals surface area contributed by atoms with Crippen LogP contribution in [0.3, 0.4) is 0 Å². The summed E-state index contributed by atoms with van der Waals surface area (Å²) in [5.41, 5.74) is 0. The van der Waals surface area contributed by atoms with Crippen molar-refractivity contribution in [2.24, 2.45) is 5.92 Å². The smallest absolute Gasteiger partial charge is 0.211 e. The molecule has 1 atom stereocenters. The Labute approximate surface area is 90.4 Å². The van der Waals surface area contributed by atoms with Gasteiger partial charge in [0.15, 0.2) is 6.29 Å². The molecule has 88 valence electrons. The zero-order valence-corrected chi connectivity index (χ0v) is 9.70. The van der Waals surface area contributed by atoms with Gasteiger partial charge in [-0.05, 0) is 12.8 Å². The molecule has 5 nitrogen and oxygen atoms in total. The van der Waals surface area contributed by atoms with Gasteiger partial charge >= 0.3 is 0 Å². The summed E-state index contributed by atoms with van der Waals surface area (Å²) in [6.45, 7) is 2.41. The molecule has 0 saturated carbocycles. The summed E-state index contributed by atoms with van der Waals surface area (Å²) in [5.74, 6) is 0.191. The maximum Gasteiger partial charge on any atom is 0.211 e. The number of hydrogen-bond acceptors (Lipinski definition) is 4. The Morgan fingerprint density at radius 1 is 1.27 bits per heavy atom. The molecule has 0 N–H and O–H groups in total. The highest BCUT2D eigenvalue weighted by Crippen LogP contribution is 2.25.